The predicted molar refractivity (Wildman–Crippen MR) is 75.7 cm³/mol. The third kappa shape index (κ3) is 2.96. The summed E-state index contributed by atoms with van der Waals surface area (Å²) in [5.41, 5.74) is 0.237. The Labute approximate surface area is 124 Å². The molecule has 1 saturated heterocycles. The highest BCUT2D eigenvalue weighted by atomic mass is 32.2. The predicted octanol–water partition coefficient (Wildman–Crippen LogP) is 0.787. The van der Waals surface area contributed by atoms with Gasteiger partial charge in [0, 0.05) is 32.2 Å². The molecule has 2 fully saturated rings. The van der Waals surface area contributed by atoms with E-state index in [0.717, 1.165) is 12.1 Å². The van der Waals surface area contributed by atoms with Crippen LogP contribution in [0.4, 0.5) is 4.39 Å². The van der Waals surface area contributed by atoms with Crippen LogP contribution in [-0.4, -0.2) is 55.0 Å². The third-order valence-corrected chi connectivity index (χ3v) is 6.13. The van der Waals surface area contributed by atoms with E-state index in [0.29, 0.717) is 32.2 Å². The Morgan fingerprint density at radius 3 is 2.43 bits per heavy atom. The smallest absolute Gasteiger partial charge is 0.243 e. The Hall–Kier alpha value is -1.02. The van der Waals surface area contributed by atoms with Crippen molar-refractivity contribution < 1.29 is 17.9 Å². The van der Waals surface area contributed by atoms with Crippen molar-refractivity contribution in [2.75, 3.05) is 26.2 Å². The molecule has 3 rings (SSSR count). The molecule has 1 heterocycles. The highest BCUT2D eigenvalue weighted by Gasteiger charge is 2.35. The highest BCUT2D eigenvalue weighted by molar-refractivity contribution is 7.89. The van der Waals surface area contributed by atoms with Crippen LogP contribution in [0.3, 0.4) is 0 Å². The Morgan fingerprint density at radius 2 is 1.86 bits per heavy atom. The molecule has 1 aromatic rings. The summed E-state index contributed by atoms with van der Waals surface area (Å²) in [6, 6.07) is 4.10. The zero-order valence-electron chi connectivity index (χ0n) is 11.7. The number of sulfonamides is 1. The van der Waals surface area contributed by atoms with Gasteiger partial charge in [0.05, 0.1) is 11.5 Å². The fourth-order valence-electron chi connectivity index (χ4n) is 2.79. The van der Waals surface area contributed by atoms with Crippen molar-refractivity contribution in [3.05, 3.63) is 29.6 Å². The van der Waals surface area contributed by atoms with Crippen molar-refractivity contribution in [3.8, 4) is 0 Å². The van der Waals surface area contributed by atoms with Crippen molar-refractivity contribution in [2.45, 2.75) is 30.4 Å². The lowest BCUT2D eigenvalue weighted by Gasteiger charge is -2.34. The molecule has 0 radical (unpaired) electrons. The number of hydrogen-bond donors (Lipinski definition) is 1. The van der Waals surface area contributed by atoms with Gasteiger partial charge in [-0.3, -0.25) is 4.90 Å². The fraction of sp³-hybridized carbons (Fsp3) is 0.571. The molecule has 1 N–H and O–H groups in total. The minimum absolute atomic E-state index is 0.120. The van der Waals surface area contributed by atoms with Crippen LogP contribution in [0.5, 0.6) is 0 Å². The van der Waals surface area contributed by atoms with Gasteiger partial charge in [0.2, 0.25) is 10.0 Å². The lowest BCUT2D eigenvalue weighted by Crippen LogP contribution is -2.49. The number of aliphatic hydroxyl groups excluding tert-OH is 1. The van der Waals surface area contributed by atoms with Gasteiger partial charge in [0.25, 0.3) is 0 Å². The summed E-state index contributed by atoms with van der Waals surface area (Å²) in [6.07, 6.45) is 2.40. The van der Waals surface area contributed by atoms with E-state index in [4.69, 9.17) is 0 Å². The number of nitrogens with zero attached hydrogens (tertiary/aromatic N) is 2. The summed E-state index contributed by atoms with van der Waals surface area (Å²) >= 11 is 0. The molecule has 0 unspecified atom stereocenters. The summed E-state index contributed by atoms with van der Waals surface area (Å²) in [6.45, 7) is 1.85. The minimum atomic E-state index is -3.75. The number of halogens is 1. The van der Waals surface area contributed by atoms with Gasteiger partial charge in [-0.2, -0.15) is 4.31 Å². The van der Waals surface area contributed by atoms with Crippen LogP contribution < -0.4 is 0 Å². The normalized spacial score (nSPS) is 21.6. The van der Waals surface area contributed by atoms with Gasteiger partial charge < -0.3 is 5.11 Å². The number of piperazine rings is 1. The van der Waals surface area contributed by atoms with Gasteiger partial charge in [-0.15, -0.1) is 0 Å². The van der Waals surface area contributed by atoms with Crippen LogP contribution in [0.15, 0.2) is 23.1 Å². The summed E-state index contributed by atoms with van der Waals surface area (Å²) < 4.78 is 40.1. The number of benzene rings is 1. The molecule has 1 aromatic carbocycles. The van der Waals surface area contributed by atoms with E-state index in [2.05, 4.69) is 4.90 Å². The molecule has 0 aromatic heterocycles. The Kier molecular flexibility index (Phi) is 4.00. The standard InChI is InChI=1S/C14H19FN2O3S/c15-12-2-1-11(10-18)14(9-12)21(19,20)17-7-5-16(6-8-17)13-3-4-13/h1-2,9,13,18H,3-8,10H2. The molecular formula is C14H19FN2O3S. The van der Waals surface area contributed by atoms with Crippen molar-refractivity contribution >= 4 is 10.0 Å². The van der Waals surface area contributed by atoms with Gasteiger partial charge >= 0.3 is 0 Å². The molecule has 0 bridgehead atoms. The maximum Gasteiger partial charge on any atom is 0.243 e. The van der Waals surface area contributed by atoms with Crippen LogP contribution in [0.2, 0.25) is 0 Å². The van der Waals surface area contributed by atoms with Crippen molar-refractivity contribution in [1.29, 1.82) is 0 Å². The van der Waals surface area contributed by atoms with E-state index in [9.17, 15) is 17.9 Å². The molecular weight excluding hydrogens is 295 g/mol. The monoisotopic (exact) mass is 314 g/mol. The zero-order valence-corrected chi connectivity index (χ0v) is 12.5. The largest absolute Gasteiger partial charge is 0.392 e. The molecule has 1 aliphatic heterocycles. The molecule has 116 valence electrons. The van der Waals surface area contributed by atoms with Gasteiger partial charge in [0.1, 0.15) is 5.82 Å². The molecule has 21 heavy (non-hydrogen) atoms. The zero-order chi connectivity index (χ0) is 15.0. The SMILES string of the molecule is O=S(=O)(c1cc(F)ccc1CO)N1CCN(C2CC2)CC1. The lowest BCUT2D eigenvalue weighted by atomic mass is 10.2. The Bertz CT molecular complexity index is 623. The van der Waals surface area contributed by atoms with Crippen LogP contribution in [0, 0.1) is 5.82 Å². The van der Waals surface area contributed by atoms with E-state index in [1.54, 1.807) is 0 Å². The summed E-state index contributed by atoms with van der Waals surface area (Å²) in [5, 5.41) is 9.28. The third-order valence-electron chi connectivity index (χ3n) is 4.15. The lowest BCUT2D eigenvalue weighted by molar-refractivity contribution is 0.180. The number of rotatable bonds is 4. The summed E-state index contributed by atoms with van der Waals surface area (Å²) in [5.74, 6) is -0.609. The molecule has 0 atom stereocenters. The first-order valence-electron chi connectivity index (χ1n) is 7.16. The highest BCUT2D eigenvalue weighted by Crippen LogP contribution is 2.29. The van der Waals surface area contributed by atoms with Crippen molar-refractivity contribution in [2.24, 2.45) is 0 Å². The van der Waals surface area contributed by atoms with Crippen LogP contribution in [0.1, 0.15) is 18.4 Å². The van der Waals surface area contributed by atoms with Gasteiger partial charge in [-0.05, 0) is 30.5 Å². The molecule has 0 amide bonds. The topological polar surface area (TPSA) is 60.9 Å². The first kappa shape index (κ1) is 14.9. The maximum atomic E-state index is 13.4. The van der Waals surface area contributed by atoms with Gasteiger partial charge in [-0.25, -0.2) is 12.8 Å². The summed E-state index contributed by atoms with van der Waals surface area (Å²) in [4.78, 5) is 2.19. The molecule has 0 spiro atoms. The molecule has 1 aliphatic carbocycles. The van der Waals surface area contributed by atoms with E-state index >= 15 is 0 Å². The van der Waals surface area contributed by atoms with E-state index in [1.165, 1.54) is 23.2 Å². The first-order chi connectivity index (χ1) is 10.0. The van der Waals surface area contributed by atoms with Gasteiger partial charge in [0.15, 0.2) is 0 Å². The van der Waals surface area contributed by atoms with Crippen LogP contribution >= 0.6 is 0 Å². The fourth-order valence-corrected chi connectivity index (χ4v) is 4.43. The Morgan fingerprint density at radius 1 is 1.19 bits per heavy atom. The number of hydrogen-bond acceptors (Lipinski definition) is 4. The van der Waals surface area contributed by atoms with Gasteiger partial charge in [-0.1, -0.05) is 6.07 Å². The van der Waals surface area contributed by atoms with Crippen LogP contribution in [-0.2, 0) is 16.6 Å². The van der Waals surface area contributed by atoms with E-state index < -0.39 is 22.4 Å². The maximum absolute atomic E-state index is 13.4. The number of aliphatic hydroxyl groups is 1. The molecule has 7 heteroatoms. The second-order valence-electron chi connectivity index (χ2n) is 5.58. The van der Waals surface area contributed by atoms with E-state index in [1.807, 2.05) is 0 Å². The average molecular weight is 314 g/mol. The second-order valence-corrected chi connectivity index (χ2v) is 7.49. The molecule has 2 aliphatic rings. The van der Waals surface area contributed by atoms with Crippen LogP contribution in [0.25, 0.3) is 0 Å². The quantitative estimate of drug-likeness (QED) is 0.892. The second kappa shape index (κ2) is 5.64. The first-order valence-corrected chi connectivity index (χ1v) is 8.60. The Balaban J connectivity index is 1.82. The molecule has 1 saturated carbocycles. The van der Waals surface area contributed by atoms with Crippen molar-refractivity contribution in [1.82, 2.24) is 9.21 Å². The van der Waals surface area contributed by atoms with E-state index in [-0.39, 0.29) is 10.5 Å². The van der Waals surface area contributed by atoms with Crippen molar-refractivity contribution in [3.63, 3.8) is 0 Å². The minimum Gasteiger partial charge on any atom is -0.392 e. The molecule has 5 nitrogen and oxygen atoms in total. The summed E-state index contributed by atoms with van der Waals surface area (Å²) in [7, 11) is -3.75. The average Bonchev–Trinajstić information content (AvgIpc) is 3.32.